The molecule has 1 aliphatic rings. The maximum Gasteiger partial charge on any atom is 0.330 e. The zero-order valence-electron chi connectivity index (χ0n) is 10.8. The van der Waals surface area contributed by atoms with Gasteiger partial charge in [0.15, 0.2) is 8.32 Å². The Morgan fingerprint density at radius 2 is 2.19 bits per heavy atom. The molecular formula is C12H24O3Si. The van der Waals surface area contributed by atoms with E-state index < -0.39 is 8.32 Å². The van der Waals surface area contributed by atoms with Crippen molar-refractivity contribution in [2.45, 2.75) is 45.3 Å². The lowest BCUT2D eigenvalue weighted by Gasteiger charge is -2.27. The summed E-state index contributed by atoms with van der Waals surface area (Å²) < 4.78 is 10.2. The Bertz CT molecular complexity index is 206. The summed E-state index contributed by atoms with van der Waals surface area (Å²) in [7, 11) is -1.09. The average molecular weight is 244 g/mol. The summed E-state index contributed by atoms with van der Waals surface area (Å²) in [5, 5.41) is 0. The lowest BCUT2D eigenvalue weighted by molar-refractivity contribution is -0.137. The number of esters is 1. The molecule has 1 aliphatic heterocycles. The first kappa shape index (κ1) is 15.4. The van der Waals surface area contributed by atoms with Gasteiger partial charge in [-0.1, -0.05) is 19.9 Å². The van der Waals surface area contributed by atoms with Crippen LogP contribution in [0.3, 0.4) is 0 Å². The third-order valence-corrected chi connectivity index (χ3v) is 4.82. The van der Waals surface area contributed by atoms with Crippen molar-refractivity contribution in [3.05, 3.63) is 12.7 Å². The van der Waals surface area contributed by atoms with Crippen LogP contribution < -0.4 is 0 Å². The van der Waals surface area contributed by atoms with Gasteiger partial charge in [-0.3, -0.25) is 0 Å². The Kier molecular flexibility index (Phi) is 8.20. The van der Waals surface area contributed by atoms with Crippen molar-refractivity contribution in [3.8, 4) is 0 Å². The van der Waals surface area contributed by atoms with E-state index in [1.807, 2.05) is 6.92 Å². The largest absolute Gasteiger partial charge is 0.463 e. The lowest BCUT2D eigenvalue weighted by atomic mass is 10.4. The van der Waals surface area contributed by atoms with Crippen LogP contribution in [0.25, 0.3) is 0 Å². The predicted octanol–water partition coefficient (Wildman–Crippen LogP) is 3.13. The molecule has 0 aromatic heterocycles. The minimum atomic E-state index is -1.09. The summed E-state index contributed by atoms with van der Waals surface area (Å²) >= 11 is 0. The average Bonchev–Trinajstić information content (AvgIpc) is 2.26. The molecule has 1 rings (SSSR count). The molecule has 16 heavy (non-hydrogen) atoms. The van der Waals surface area contributed by atoms with E-state index in [2.05, 4.69) is 24.4 Å². The van der Waals surface area contributed by atoms with Crippen LogP contribution in [-0.4, -0.2) is 27.5 Å². The molecule has 3 nitrogen and oxygen atoms in total. The van der Waals surface area contributed by atoms with Gasteiger partial charge >= 0.3 is 5.97 Å². The Balaban J connectivity index is 0.000000281. The van der Waals surface area contributed by atoms with E-state index >= 15 is 0 Å². The first-order valence-electron chi connectivity index (χ1n) is 5.95. The van der Waals surface area contributed by atoms with E-state index in [1.165, 1.54) is 18.9 Å². The van der Waals surface area contributed by atoms with E-state index in [0.29, 0.717) is 6.61 Å². The fourth-order valence-corrected chi connectivity index (χ4v) is 3.28. The van der Waals surface area contributed by atoms with Crippen LogP contribution >= 0.6 is 0 Å². The molecule has 0 spiro atoms. The Morgan fingerprint density at radius 3 is 2.50 bits per heavy atom. The summed E-state index contributed by atoms with van der Waals surface area (Å²) in [6.07, 6.45) is 4.71. The Morgan fingerprint density at radius 1 is 1.50 bits per heavy atom. The predicted molar refractivity (Wildman–Crippen MR) is 68.9 cm³/mol. The molecule has 0 amide bonds. The van der Waals surface area contributed by atoms with Crippen LogP contribution in [0, 0.1) is 0 Å². The summed E-state index contributed by atoms with van der Waals surface area (Å²) in [5.41, 5.74) is 0. The Hall–Kier alpha value is -0.613. The number of hydrogen-bond donors (Lipinski definition) is 0. The standard InChI is InChI=1S/C6H10O2.C6H14OSi/c1-3-5-8-6(7)4-2;1-8(2)6-4-3-5-7-8/h4H,2-3,5H2,1H3;3-6H2,1-2H3. The highest BCUT2D eigenvalue weighted by Gasteiger charge is 2.24. The molecule has 1 heterocycles. The highest BCUT2D eigenvalue weighted by molar-refractivity contribution is 6.71. The summed E-state index contributed by atoms with van der Waals surface area (Å²) in [6.45, 7) is 11.3. The van der Waals surface area contributed by atoms with Crippen molar-refractivity contribution >= 4 is 14.3 Å². The molecule has 0 radical (unpaired) electrons. The zero-order valence-corrected chi connectivity index (χ0v) is 11.8. The highest BCUT2D eigenvalue weighted by Crippen LogP contribution is 2.20. The maximum absolute atomic E-state index is 10.2. The quantitative estimate of drug-likeness (QED) is 0.435. The van der Waals surface area contributed by atoms with Gasteiger partial charge in [-0.25, -0.2) is 4.79 Å². The molecule has 94 valence electrons. The summed E-state index contributed by atoms with van der Waals surface area (Å²) in [5.74, 6) is -0.341. The minimum Gasteiger partial charge on any atom is -0.463 e. The number of ether oxygens (including phenoxy) is 1. The first-order valence-corrected chi connectivity index (χ1v) is 9.06. The van der Waals surface area contributed by atoms with Crippen molar-refractivity contribution in [2.24, 2.45) is 0 Å². The zero-order chi connectivity index (χ0) is 12.4. The molecule has 0 aromatic carbocycles. The van der Waals surface area contributed by atoms with E-state index in [9.17, 15) is 4.79 Å². The third kappa shape index (κ3) is 8.68. The molecule has 0 saturated carbocycles. The van der Waals surface area contributed by atoms with Crippen molar-refractivity contribution in [2.75, 3.05) is 13.2 Å². The molecule has 4 heteroatoms. The lowest BCUT2D eigenvalue weighted by Crippen LogP contribution is -2.33. The number of hydrogen-bond acceptors (Lipinski definition) is 3. The van der Waals surface area contributed by atoms with Crippen molar-refractivity contribution < 1.29 is 14.0 Å². The SMILES string of the molecule is C=CC(=O)OCCC.C[Si]1(C)CCCCO1. The molecule has 0 unspecified atom stereocenters. The fraction of sp³-hybridized carbons (Fsp3) is 0.750. The molecule has 0 aromatic rings. The van der Waals surface area contributed by atoms with E-state index in [-0.39, 0.29) is 5.97 Å². The van der Waals surface area contributed by atoms with Crippen LogP contribution in [0.4, 0.5) is 0 Å². The van der Waals surface area contributed by atoms with Gasteiger partial charge < -0.3 is 9.16 Å². The second-order valence-electron chi connectivity index (χ2n) is 4.44. The maximum atomic E-state index is 10.2. The fourth-order valence-electron chi connectivity index (χ4n) is 1.33. The van der Waals surface area contributed by atoms with Gasteiger partial charge in [-0.2, -0.15) is 0 Å². The van der Waals surface area contributed by atoms with Gasteiger partial charge in [0.2, 0.25) is 0 Å². The highest BCUT2D eigenvalue weighted by atomic mass is 28.4. The molecular weight excluding hydrogens is 220 g/mol. The van der Waals surface area contributed by atoms with E-state index in [4.69, 9.17) is 4.43 Å². The third-order valence-electron chi connectivity index (χ3n) is 2.28. The van der Waals surface area contributed by atoms with Gasteiger partial charge in [-0.05, 0) is 32.0 Å². The topological polar surface area (TPSA) is 35.5 Å². The van der Waals surface area contributed by atoms with Crippen molar-refractivity contribution in [1.82, 2.24) is 0 Å². The molecule has 0 aliphatic carbocycles. The van der Waals surface area contributed by atoms with Crippen LogP contribution in [0.1, 0.15) is 26.2 Å². The first-order chi connectivity index (χ1) is 7.52. The van der Waals surface area contributed by atoms with E-state index in [0.717, 1.165) is 19.1 Å². The van der Waals surface area contributed by atoms with Crippen LogP contribution in [-0.2, 0) is 14.0 Å². The molecule has 0 atom stereocenters. The van der Waals surface area contributed by atoms with Gasteiger partial charge in [0.25, 0.3) is 0 Å². The van der Waals surface area contributed by atoms with Crippen molar-refractivity contribution in [3.63, 3.8) is 0 Å². The smallest absolute Gasteiger partial charge is 0.330 e. The van der Waals surface area contributed by atoms with Gasteiger partial charge in [-0.15, -0.1) is 0 Å². The number of carbonyl (C=O) groups is 1. The van der Waals surface area contributed by atoms with Gasteiger partial charge in [0.1, 0.15) is 0 Å². The summed E-state index contributed by atoms with van der Waals surface area (Å²) in [6, 6.07) is 1.37. The minimum absolute atomic E-state index is 0.341. The second kappa shape index (κ2) is 8.53. The van der Waals surface area contributed by atoms with Crippen LogP contribution in [0.5, 0.6) is 0 Å². The molecule has 1 saturated heterocycles. The normalized spacial score (nSPS) is 17.9. The van der Waals surface area contributed by atoms with Gasteiger partial charge in [0, 0.05) is 12.7 Å². The molecule has 1 fully saturated rings. The molecule has 0 bridgehead atoms. The molecule has 0 N–H and O–H groups in total. The second-order valence-corrected chi connectivity index (χ2v) is 8.74. The van der Waals surface area contributed by atoms with Crippen LogP contribution in [0.2, 0.25) is 19.1 Å². The summed E-state index contributed by atoms with van der Waals surface area (Å²) in [4.78, 5) is 10.2. The Labute approximate surface area is 100.0 Å². The van der Waals surface area contributed by atoms with Crippen LogP contribution in [0.15, 0.2) is 12.7 Å². The van der Waals surface area contributed by atoms with Gasteiger partial charge in [0.05, 0.1) is 6.61 Å². The monoisotopic (exact) mass is 244 g/mol. The van der Waals surface area contributed by atoms with Crippen molar-refractivity contribution in [1.29, 1.82) is 0 Å². The number of rotatable bonds is 3. The number of carbonyl (C=O) groups excluding carboxylic acids is 1. The van der Waals surface area contributed by atoms with E-state index in [1.54, 1.807) is 0 Å².